The van der Waals surface area contributed by atoms with Crippen molar-refractivity contribution in [1.82, 2.24) is 19.9 Å². The quantitative estimate of drug-likeness (QED) is 0.607. The molecule has 0 aliphatic carbocycles. The topological polar surface area (TPSA) is 63.6 Å². The first kappa shape index (κ1) is 15.2. The molecule has 0 aliphatic heterocycles. The van der Waals surface area contributed by atoms with Gasteiger partial charge in [-0.05, 0) is 43.3 Å². The van der Waals surface area contributed by atoms with Gasteiger partial charge in [0.15, 0.2) is 5.82 Å². The summed E-state index contributed by atoms with van der Waals surface area (Å²) in [7, 11) is 0. The third kappa shape index (κ3) is 3.17. The summed E-state index contributed by atoms with van der Waals surface area (Å²) in [4.78, 5) is 18.0. The summed E-state index contributed by atoms with van der Waals surface area (Å²) >= 11 is 0. The highest BCUT2D eigenvalue weighted by Gasteiger charge is 2.13. The Morgan fingerprint density at radius 2 is 1.76 bits per heavy atom. The van der Waals surface area contributed by atoms with E-state index in [-0.39, 0.29) is 6.04 Å². The van der Waals surface area contributed by atoms with E-state index in [2.05, 4.69) is 27.2 Å². The molecule has 25 heavy (non-hydrogen) atoms. The standard InChI is InChI=1S/C20H17N5/c1-14(17-9-4-5-12-22-17)23-20-16-8-2-3-10-18(16)24-19(25-20)15-7-6-11-21-13-15/h2-14H,1H3,(H,23,24,25)/t14-/m1/s1. The molecule has 0 bridgehead atoms. The number of fused-ring (bicyclic) bond motifs is 1. The highest BCUT2D eigenvalue weighted by Crippen LogP contribution is 2.27. The monoisotopic (exact) mass is 327 g/mol. The van der Waals surface area contributed by atoms with Gasteiger partial charge in [0.2, 0.25) is 0 Å². The fourth-order valence-electron chi connectivity index (χ4n) is 2.72. The maximum Gasteiger partial charge on any atom is 0.163 e. The van der Waals surface area contributed by atoms with E-state index in [9.17, 15) is 0 Å². The van der Waals surface area contributed by atoms with Gasteiger partial charge >= 0.3 is 0 Å². The Morgan fingerprint density at radius 3 is 2.56 bits per heavy atom. The third-order valence-corrected chi connectivity index (χ3v) is 4.01. The fraction of sp³-hybridized carbons (Fsp3) is 0.100. The molecular formula is C20H17N5. The fourth-order valence-corrected chi connectivity index (χ4v) is 2.72. The van der Waals surface area contributed by atoms with Crippen molar-refractivity contribution in [3.8, 4) is 11.4 Å². The van der Waals surface area contributed by atoms with Crippen LogP contribution in [0.3, 0.4) is 0 Å². The lowest BCUT2D eigenvalue weighted by atomic mass is 10.1. The van der Waals surface area contributed by atoms with Crippen molar-refractivity contribution in [1.29, 1.82) is 0 Å². The predicted octanol–water partition coefficient (Wildman–Crippen LogP) is 4.26. The number of pyridine rings is 2. The Balaban J connectivity index is 1.79. The van der Waals surface area contributed by atoms with Gasteiger partial charge in [-0.15, -0.1) is 0 Å². The molecule has 5 nitrogen and oxygen atoms in total. The molecule has 0 radical (unpaired) electrons. The summed E-state index contributed by atoms with van der Waals surface area (Å²) in [6.07, 6.45) is 5.32. The van der Waals surface area contributed by atoms with Crippen LogP contribution < -0.4 is 5.32 Å². The second kappa shape index (κ2) is 6.65. The van der Waals surface area contributed by atoms with Crippen LogP contribution in [-0.2, 0) is 0 Å². The van der Waals surface area contributed by atoms with Gasteiger partial charge in [0.1, 0.15) is 5.82 Å². The molecule has 0 saturated carbocycles. The molecule has 0 amide bonds. The maximum absolute atomic E-state index is 4.75. The van der Waals surface area contributed by atoms with E-state index < -0.39 is 0 Å². The Kier molecular flexibility index (Phi) is 4.04. The number of benzene rings is 1. The lowest BCUT2D eigenvalue weighted by Crippen LogP contribution is -2.10. The molecule has 3 heterocycles. The molecular weight excluding hydrogens is 310 g/mol. The van der Waals surface area contributed by atoms with Crippen LogP contribution in [0.1, 0.15) is 18.7 Å². The highest BCUT2D eigenvalue weighted by atomic mass is 15.1. The number of hydrogen-bond donors (Lipinski definition) is 1. The van der Waals surface area contributed by atoms with Crippen molar-refractivity contribution in [2.45, 2.75) is 13.0 Å². The summed E-state index contributed by atoms with van der Waals surface area (Å²) in [6, 6.07) is 17.8. The van der Waals surface area contributed by atoms with Gasteiger partial charge in [-0.3, -0.25) is 9.97 Å². The number of nitrogens with one attached hydrogen (secondary N) is 1. The van der Waals surface area contributed by atoms with Crippen LogP contribution in [0.2, 0.25) is 0 Å². The first-order valence-corrected chi connectivity index (χ1v) is 8.16. The molecule has 4 aromatic rings. The molecule has 1 N–H and O–H groups in total. The molecule has 0 aliphatic rings. The van der Waals surface area contributed by atoms with E-state index in [0.29, 0.717) is 5.82 Å². The molecule has 0 saturated heterocycles. The van der Waals surface area contributed by atoms with Gasteiger partial charge in [0.25, 0.3) is 0 Å². The number of nitrogens with zero attached hydrogens (tertiary/aromatic N) is 4. The number of rotatable bonds is 4. The third-order valence-electron chi connectivity index (χ3n) is 4.01. The zero-order valence-electron chi connectivity index (χ0n) is 13.8. The summed E-state index contributed by atoms with van der Waals surface area (Å²) in [5.74, 6) is 1.45. The van der Waals surface area contributed by atoms with Crippen LogP contribution in [0.4, 0.5) is 5.82 Å². The van der Waals surface area contributed by atoms with E-state index in [0.717, 1.165) is 28.0 Å². The lowest BCUT2D eigenvalue weighted by molar-refractivity contribution is 0.833. The normalized spacial score (nSPS) is 12.0. The zero-order valence-corrected chi connectivity index (χ0v) is 13.8. The van der Waals surface area contributed by atoms with Crippen molar-refractivity contribution in [3.63, 3.8) is 0 Å². The lowest BCUT2D eigenvalue weighted by Gasteiger charge is -2.16. The van der Waals surface area contributed by atoms with Gasteiger partial charge in [-0.1, -0.05) is 18.2 Å². The van der Waals surface area contributed by atoms with Crippen LogP contribution in [0.15, 0.2) is 73.2 Å². The van der Waals surface area contributed by atoms with Gasteiger partial charge < -0.3 is 5.32 Å². The maximum atomic E-state index is 4.75. The predicted molar refractivity (Wildman–Crippen MR) is 99.0 cm³/mol. The molecule has 1 atom stereocenters. The van der Waals surface area contributed by atoms with Crippen LogP contribution in [0.25, 0.3) is 22.3 Å². The van der Waals surface area contributed by atoms with Crippen molar-refractivity contribution in [2.24, 2.45) is 0 Å². The van der Waals surface area contributed by atoms with Crippen LogP contribution >= 0.6 is 0 Å². The number of aromatic nitrogens is 4. The molecule has 1 aromatic carbocycles. The van der Waals surface area contributed by atoms with Crippen molar-refractivity contribution in [2.75, 3.05) is 5.32 Å². The highest BCUT2D eigenvalue weighted by molar-refractivity contribution is 5.90. The minimum absolute atomic E-state index is 0.0289. The average molecular weight is 327 g/mol. The number of hydrogen-bond acceptors (Lipinski definition) is 5. The zero-order chi connectivity index (χ0) is 17.1. The minimum atomic E-state index is 0.0289. The van der Waals surface area contributed by atoms with E-state index in [1.165, 1.54) is 0 Å². The van der Waals surface area contributed by atoms with Crippen LogP contribution in [0.5, 0.6) is 0 Å². The molecule has 0 spiro atoms. The minimum Gasteiger partial charge on any atom is -0.361 e. The Bertz CT molecular complexity index is 987. The van der Waals surface area contributed by atoms with Crippen molar-refractivity contribution < 1.29 is 0 Å². The van der Waals surface area contributed by atoms with E-state index in [1.807, 2.05) is 54.6 Å². The van der Waals surface area contributed by atoms with E-state index >= 15 is 0 Å². The molecule has 0 fully saturated rings. The smallest absolute Gasteiger partial charge is 0.163 e. The number of para-hydroxylation sites is 1. The number of anilines is 1. The molecule has 4 rings (SSSR count). The average Bonchev–Trinajstić information content (AvgIpc) is 2.69. The van der Waals surface area contributed by atoms with E-state index in [1.54, 1.807) is 18.6 Å². The summed E-state index contributed by atoms with van der Waals surface area (Å²) in [6.45, 7) is 2.07. The Hall–Kier alpha value is -3.34. The summed E-state index contributed by atoms with van der Waals surface area (Å²) < 4.78 is 0. The molecule has 3 aromatic heterocycles. The first-order chi connectivity index (χ1) is 12.3. The van der Waals surface area contributed by atoms with Gasteiger partial charge in [0, 0.05) is 29.5 Å². The Labute approximate surface area is 145 Å². The molecule has 0 unspecified atom stereocenters. The van der Waals surface area contributed by atoms with Gasteiger partial charge in [-0.25, -0.2) is 9.97 Å². The van der Waals surface area contributed by atoms with Gasteiger partial charge in [-0.2, -0.15) is 0 Å². The van der Waals surface area contributed by atoms with Gasteiger partial charge in [0.05, 0.1) is 17.3 Å². The molecule has 122 valence electrons. The van der Waals surface area contributed by atoms with E-state index in [4.69, 9.17) is 4.98 Å². The van der Waals surface area contributed by atoms with Crippen LogP contribution in [0, 0.1) is 0 Å². The summed E-state index contributed by atoms with van der Waals surface area (Å²) in [5, 5.41) is 4.46. The molecule has 5 heteroatoms. The SMILES string of the molecule is C[C@@H](Nc1nc(-c2cccnc2)nc2ccccc12)c1ccccn1. The summed E-state index contributed by atoms with van der Waals surface area (Å²) in [5.41, 5.74) is 2.75. The first-order valence-electron chi connectivity index (χ1n) is 8.16. The van der Waals surface area contributed by atoms with Crippen molar-refractivity contribution in [3.05, 3.63) is 78.9 Å². The van der Waals surface area contributed by atoms with Crippen molar-refractivity contribution >= 4 is 16.7 Å². The largest absolute Gasteiger partial charge is 0.361 e. The second-order valence-corrected chi connectivity index (χ2v) is 5.78. The van der Waals surface area contributed by atoms with Crippen LogP contribution in [-0.4, -0.2) is 19.9 Å². The Morgan fingerprint density at radius 1 is 0.880 bits per heavy atom. The second-order valence-electron chi connectivity index (χ2n) is 5.78.